The zero-order valence-corrected chi connectivity index (χ0v) is 17.6. The van der Waals surface area contributed by atoms with Crippen LogP contribution < -0.4 is 14.8 Å². The Morgan fingerprint density at radius 2 is 1.62 bits per heavy atom. The fourth-order valence-electron chi connectivity index (χ4n) is 3.55. The topological polar surface area (TPSA) is 67.9 Å². The van der Waals surface area contributed by atoms with Crippen LogP contribution in [0.15, 0.2) is 78.5 Å². The monoisotopic (exact) mass is 432 g/mol. The molecule has 0 unspecified atom stereocenters. The minimum atomic E-state index is -0.483. The van der Waals surface area contributed by atoms with Gasteiger partial charge in [-0.15, -0.1) is 0 Å². The number of amides is 2. The zero-order valence-electron chi connectivity index (χ0n) is 17.6. The normalized spacial score (nSPS) is 13.5. The maximum atomic E-state index is 13.4. The highest BCUT2D eigenvalue weighted by Gasteiger charge is 2.40. The van der Waals surface area contributed by atoms with Crippen LogP contribution in [0.25, 0.3) is 5.57 Å². The second kappa shape index (κ2) is 8.93. The molecule has 3 aromatic rings. The number of nitrogens with one attached hydrogen (secondary N) is 1. The third-order valence-corrected chi connectivity index (χ3v) is 5.14. The number of anilines is 1. The fraction of sp³-hybridized carbons (Fsp3) is 0.120. The standard InChI is InChI=1S/C25H21FN2O4/c1-31-19-7-5-6-18(14-19)27-23-22(20-8-3-4-9-21(20)32-2)24(29)28(25(23)30)15-16-10-12-17(26)13-11-16/h3-14,27H,15H2,1-2H3. The Morgan fingerprint density at radius 3 is 2.34 bits per heavy atom. The SMILES string of the molecule is COc1cccc(NC2=C(c3ccccc3OC)C(=O)N(Cc3ccc(F)cc3)C2=O)c1. The first-order valence-electron chi connectivity index (χ1n) is 9.91. The van der Waals surface area contributed by atoms with E-state index in [-0.39, 0.29) is 23.6 Å². The van der Waals surface area contributed by atoms with Crippen molar-refractivity contribution >= 4 is 23.1 Å². The molecule has 0 saturated carbocycles. The highest BCUT2D eigenvalue weighted by Crippen LogP contribution is 2.36. The molecule has 0 bridgehead atoms. The number of hydrogen-bond donors (Lipinski definition) is 1. The van der Waals surface area contributed by atoms with Crippen LogP contribution in [0.4, 0.5) is 10.1 Å². The van der Waals surface area contributed by atoms with E-state index in [1.165, 1.54) is 19.2 Å². The second-order valence-corrected chi connectivity index (χ2v) is 7.13. The first-order chi connectivity index (χ1) is 15.5. The third kappa shape index (κ3) is 4.05. The lowest BCUT2D eigenvalue weighted by Crippen LogP contribution is -2.32. The average Bonchev–Trinajstić information content (AvgIpc) is 3.04. The number of carbonyl (C=O) groups excluding carboxylic acids is 2. The Hall–Kier alpha value is -4.13. The van der Waals surface area contributed by atoms with Gasteiger partial charge in [-0.2, -0.15) is 0 Å². The number of carbonyl (C=O) groups is 2. The van der Waals surface area contributed by atoms with Crippen LogP contribution in [0, 0.1) is 5.82 Å². The average molecular weight is 432 g/mol. The molecule has 0 aliphatic carbocycles. The molecule has 0 fully saturated rings. The molecule has 32 heavy (non-hydrogen) atoms. The van der Waals surface area contributed by atoms with Crippen molar-refractivity contribution in [2.45, 2.75) is 6.54 Å². The lowest BCUT2D eigenvalue weighted by Gasteiger charge is -2.16. The predicted molar refractivity (Wildman–Crippen MR) is 118 cm³/mol. The first kappa shape index (κ1) is 21.1. The molecule has 0 spiro atoms. The van der Waals surface area contributed by atoms with E-state index in [0.717, 1.165) is 4.90 Å². The summed E-state index contributed by atoms with van der Waals surface area (Å²) < 4.78 is 24.0. The summed E-state index contributed by atoms with van der Waals surface area (Å²) in [5.74, 6) is -0.259. The van der Waals surface area contributed by atoms with Gasteiger partial charge >= 0.3 is 0 Å². The Bertz CT molecular complexity index is 1200. The molecule has 4 rings (SSSR count). The fourth-order valence-corrected chi connectivity index (χ4v) is 3.55. The van der Waals surface area contributed by atoms with E-state index in [4.69, 9.17) is 9.47 Å². The summed E-state index contributed by atoms with van der Waals surface area (Å²) in [6, 6.07) is 19.8. The van der Waals surface area contributed by atoms with Gasteiger partial charge in [-0.25, -0.2) is 4.39 Å². The summed E-state index contributed by atoms with van der Waals surface area (Å²) in [7, 11) is 3.05. The number of nitrogens with zero attached hydrogens (tertiary/aromatic N) is 1. The van der Waals surface area contributed by atoms with Gasteiger partial charge in [0.05, 0.1) is 26.3 Å². The summed E-state index contributed by atoms with van der Waals surface area (Å²) >= 11 is 0. The van der Waals surface area contributed by atoms with Gasteiger partial charge in [0.25, 0.3) is 11.8 Å². The molecular weight excluding hydrogens is 411 g/mol. The molecule has 0 radical (unpaired) electrons. The molecule has 1 aliphatic rings. The maximum absolute atomic E-state index is 13.4. The van der Waals surface area contributed by atoms with Crippen molar-refractivity contribution in [1.82, 2.24) is 4.90 Å². The van der Waals surface area contributed by atoms with E-state index in [1.807, 2.05) is 0 Å². The summed E-state index contributed by atoms with van der Waals surface area (Å²) in [5.41, 5.74) is 2.07. The van der Waals surface area contributed by atoms with Crippen LogP contribution >= 0.6 is 0 Å². The number of imide groups is 1. The Labute approximate surface area is 184 Å². The summed E-state index contributed by atoms with van der Waals surface area (Å²) in [5, 5.41) is 3.09. The van der Waals surface area contributed by atoms with Crippen LogP contribution in [0.3, 0.4) is 0 Å². The van der Waals surface area contributed by atoms with Crippen LogP contribution in [0.5, 0.6) is 11.5 Å². The Kier molecular flexibility index (Phi) is 5.89. The second-order valence-electron chi connectivity index (χ2n) is 7.13. The van der Waals surface area contributed by atoms with Crippen molar-refractivity contribution in [1.29, 1.82) is 0 Å². The highest BCUT2D eigenvalue weighted by atomic mass is 19.1. The van der Waals surface area contributed by atoms with Crippen molar-refractivity contribution in [2.75, 3.05) is 19.5 Å². The van der Waals surface area contributed by atoms with E-state index >= 15 is 0 Å². The number of methoxy groups -OCH3 is 2. The largest absolute Gasteiger partial charge is 0.497 e. The number of hydrogen-bond acceptors (Lipinski definition) is 5. The van der Waals surface area contributed by atoms with Crippen LogP contribution in [0.2, 0.25) is 0 Å². The van der Waals surface area contributed by atoms with E-state index in [2.05, 4.69) is 5.32 Å². The van der Waals surface area contributed by atoms with E-state index in [1.54, 1.807) is 67.8 Å². The molecule has 1 aliphatic heterocycles. The molecule has 0 saturated heterocycles. The number of halogens is 1. The van der Waals surface area contributed by atoms with Crippen LogP contribution in [-0.2, 0) is 16.1 Å². The number of rotatable bonds is 7. The molecule has 0 atom stereocenters. The van der Waals surface area contributed by atoms with Crippen molar-refractivity contribution in [3.05, 3.63) is 95.4 Å². The lowest BCUT2D eigenvalue weighted by atomic mass is 10.0. The van der Waals surface area contributed by atoms with Crippen molar-refractivity contribution in [3.8, 4) is 11.5 Å². The maximum Gasteiger partial charge on any atom is 0.278 e. The Morgan fingerprint density at radius 1 is 0.875 bits per heavy atom. The van der Waals surface area contributed by atoms with Crippen LogP contribution in [-0.4, -0.2) is 30.9 Å². The van der Waals surface area contributed by atoms with E-state index in [0.29, 0.717) is 28.3 Å². The minimum Gasteiger partial charge on any atom is -0.497 e. The molecule has 2 amide bonds. The Balaban J connectivity index is 1.77. The molecular formula is C25H21FN2O4. The van der Waals surface area contributed by atoms with Crippen molar-refractivity contribution in [3.63, 3.8) is 0 Å². The van der Waals surface area contributed by atoms with Gasteiger partial charge in [-0.1, -0.05) is 36.4 Å². The van der Waals surface area contributed by atoms with Crippen molar-refractivity contribution < 1.29 is 23.5 Å². The van der Waals surface area contributed by atoms with Gasteiger partial charge in [0.1, 0.15) is 23.0 Å². The predicted octanol–water partition coefficient (Wildman–Crippen LogP) is 4.24. The molecule has 3 aromatic carbocycles. The molecule has 7 heteroatoms. The highest BCUT2D eigenvalue weighted by molar-refractivity contribution is 6.36. The van der Waals surface area contributed by atoms with Gasteiger partial charge < -0.3 is 14.8 Å². The van der Waals surface area contributed by atoms with E-state index < -0.39 is 11.8 Å². The third-order valence-electron chi connectivity index (χ3n) is 5.14. The number of benzene rings is 3. The number of para-hydroxylation sites is 1. The number of ether oxygens (including phenoxy) is 2. The van der Waals surface area contributed by atoms with Gasteiger partial charge in [0.15, 0.2) is 0 Å². The van der Waals surface area contributed by atoms with Crippen molar-refractivity contribution in [2.24, 2.45) is 0 Å². The molecule has 162 valence electrons. The summed E-state index contributed by atoms with van der Waals surface area (Å²) in [4.78, 5) is 27.9. The van der Waals surface area contributed by atoms with E-state index in [9.17, 15) is 14.0 Å². The summed E-state index contributed by atoms with van der Waals surface area (Å²) in [6.07, 6.45) is 0. The molecule has 1 heterocycles. The molecule has 0 aromatic heterocycles. The smallest absolute Gasteiger partial charge is 0.278 e. The van der Waals surface area contributed by atoms with Gasteiger partial charge in [0, 0.05) is 17.3 Å². The quantitative estimate of drug-likeness (QED) is 0.566. The zero-order chi connectivity index (χ0) is 22.7. The molecule has 1 N–H and O–H groups in total. The first-order valence-corrected chi connectivity index (χ1v) is 9.91. The minimum absolute atomic E-state index is 0.0138. The van der Waals surface area contributed by atoms with Crippen LogP contribution in [0.1, 0.15) is 11.1 Å². The summed E-state index contributed by atoms with van der Waals surface area (Å²) in [6.45, 7) is 0.0138. The van der Waals surface area contributed by atoms with Gasteiger partial charge in [-0.3, -0.25) is 14.5 Å². The lowest BCUT2D eigenvalue weighted by molar-refractivity contribution is -0.137. The van der Waals surface area contributed by atoms with Gasteiger partial charge in [0.2, 0.25) is 0 Å². The molecule has 6 nitrogen and oxygen atoms in total. The van der Waals surface area contributed by atoms with Gasteiger partial charge in [-0.05, 0) is 35.9 Å².